The highest BCUT2D eigenvalue weighted by atomic mass is 14.9. The summed E-state index contributed by atoms with van der Waals surface area (Å²) < 4.78 is 0. The van der Waals surface area contributed by atoms with Gasteiger partial charge in [0.2, 0.25) is 0 Å². The van der Waals surface area contributed by atoms with Crippen LogP contribution in [0.3, 0.4) is 0 Å². The third kappa shape index (κ3) is 5.04. The summed E-state index contributed by atoms with van der Waals surface area (Å²) >= 11 is 0. The van der Waals surface area contributed by atoms with E-state index in [4.69, 9.17) is 0 Å². The molecule has 1 aliphatic rings. The van der Waals surface area contributed by atoms with Gasteiger partial charge in [-0.2, -0.15) is 0 Å². The molecule has 2 heteroatoms. The molecule has 0 aliphatic heterocycles. The molecule has 1 aliphatic carbocycles. The highest BCUT2D eigenvalue weighted by Gasteiger charge is 2.41. The summed E-state index contributed by atoms with van der Waals surface area (Å²) in [6, 6.07) is 61.0. The van der Waals surface area contributed by atoms with Gasteiger partial charge in [-0.05, 0) is 99.1 Å². The molecule has 2 N–H and O–H groups in total. The van der Waals surface area contributed by atoms with Crippen molar-refractivity contribution in [2.24, 2.45) is 0 Å². The fourth-order valence-corrected chi connectivity index (χ4v) is 7.09. The standard InChI is InChI=1S/C44H34N2/c1-3-17-35(18-4-1)45-37-26-24-33(25-27-37)40-29-28-38(46-36-19-5-2-6-20-36)31-43(40)44(30-12-16-34-14-8-10-22-41(34)44)42-23-11-15-32-13-7-9-21-39(32)42/h1-29,31,45-46H,30H2. The summed E-state index contributed by atoms with van der Waals surface area (Å²) in [5, 5.41) is 9.78. The van der Waals surface area contributed by atoms with Crippen molar-refractivity contribution in [3.63, 3.8) is 0 Å². The number of para-hydroxylation sites is 2. The second-order valence-electron chi connectivity index (χ2n) is 11.9. The largest absolute Gasteiger partial charge is 0.356 e. The molecular formula is C44H34N2. The van der Waals surface area contributed by atoms with Crippen molar-refractivity contribution in [3.8, 4) is 11.1 Å². The first-order chi connectivity index (χ1) is 22.8. The van der Waals surface area contributed by atoms with Crippen molar-refractivity contribution in [1.29, 1.82) is 0 Å². The zero-order valence-corrected chi connectivity index (χ0v) is 25.5. The molecule has 1 unspecified atom stereocenters. The maximum atomic E-state index is 3.70. The van der Waals surface area contributed by atoms with Gasteiger partial charge in [0.1, 0.15) is 0 Å². The van der Waals surface area contributed by atoms with E-state index in [1.165, 1.54) is 44.2 Å². The quantitative estimate of drug-likeness (QED) is 0.193. The van der Waals surface area contributed by atoms with Crippen LogP contribution in [0.1, 0.15) is 28.7 Å². The molecular weight excluding hydrogens is 556 g/mol. The summed E-state index contributed by atoms with van der Waals surface area (Å²) in [7, 11) is 0. The first-order valence-corrected chi connectivity index (χ1v) is 15.9. The van der Waals surface area contributed by atoms with E-state index in [2.05, 4.69) is 187 Å². The average molecular weight is 591 g/mol. The van der Waals surface area contributed by atoms with Crippen LogP contribution in [0, 0.1) is 0 Å². The van der Waals surface area contributed by atoms with Gasteiger partial charge in [0.15, 0.2) is 0 Å². The fraction of sp³-hybridized carbons (Fsp3) is 0.0455. The van der Waals surface area contributed by atoms with Crippen LogP contribution in [0.2, 0.25) is 0 Å². The number of anilines is 4. The van der Waals surface area contributed by atoms with Crippen molar-refractivity contribution in [1.82, 2.24) is 0 Å². The van der Waals surface area contributed by atoms with Gasteiger partial charge in [-0.25, -0.2) is 0 Å². The minimum absolute atomic E-state index is 0.420. The maximum Gasteiger partial charge on any atom is 0.0504 e. The van der Waals surface area contributed by atoms with Gasteiger partial charge in [0, 0.05) is 22.7 Å². The Balaban J connectivity index is 1.36. The molecule has 8 rings (SSSR count). The Labute approximate surface area is 270 Å². The predicted molar refractivity (Wildman–Crippen MR) is 195 cm³/mol. The average Bonchev–Trinajstić information content (AvgIpc) is 3.12. The molecule has 2 nitrogen and oxygen atoms in total. The molecule has 7 aromatic rings. The van der Waals surface area contributed by atoms with Crippen LogP contribution < -0.4 is 10.6 Å². The first-order valence-electron chi connectivity index (χ1n) is 15.9. The monoisotopic (exact) mass is 590 g/mol. The molecule has 0 heterocycles. The molecule has 0 fully saturated rings. The van der Waals surface area contributed by atoms with Gasteiger partial charge in [-0.3, -0.25) is 0 Å². The Hall–Kier alpha value is -5.86. The summed E-state index contributed by atoms with van der Waals surface area (Å²) in [4.78, 5) is 0. The topological polar surface area (TPSA) is 24.1 Å². The Kier molecular flexibility index (Phi) is 7.16. The number of allylic oxidation sites excluding steroid dienone is 1. The third-order valence-corrected chi connectivity index (χ3v) is 9.19. The van der Waals surface area contributed by atoms with E-state index in [1.807, 2.05) is 6.07 Å². The summed E-state index contributed by atoms with van der Waals surface area (Å²) in [6.45, 7) is 0. The smallest absolute Gasteiger partial charge is 0.0504 e. The van der Waals surface area contributed by atoms with Crippen molar-refractivity contribution in [2.75, 3.05) is 10.6 Å². The van der Waals surface area contributed by atoms with E-state index < -0.39 is 5.41 Å². The van der Waals surface area contributed by atoms with Gasteiger partial charge in [-0.1, -0.05) is 133 Å². The molecule has 220 valence electrons. The zero-order chi connectivity index (χ0) is 30.8. The molecule has 1 atom stereocenters. The van der Waals surface area contributed by atoms with Crippen LogP contribution in [0.4, 0.5) is 22.7 Å². The molecule has 0 saturated heterocycles. The Morgan fingerprint density at radius 3 is 1.80 bits per heavy atom. The minimum atomic E-state index is -0.420. The highest BCUT2D eigenvalue weighted by molar-refractivity contribution is 5.90. The normalized spacial score (nSPS) is 15.3. The Morgan fingerprint density at radius 2 is 1.02 bits per heavy atom. The maximum absolute atomic E-state index is 3.70. The number of rotatable bonds is 7. The van der Waals surface area contributed by atoms with E-state index in [-0.39, 0.29) is 0 Å². The molecule has 0 bridgehead atoms. The van der Waals surface area contributed by atoms with Crippen LogP contribution in [0.5, 0.6) is 0 Å². The second kappa shape index (κ2) is 11.9. The minimum Gasteiger partial charge on any atom is -0.356 e. The van der Waals surface area contributed by atoms with Gasteiger partial charge in [0.05, 0.1) is 5.41 Å². The van der Waals surface area contributed by atoms with Crippen molar-refractivity contribution in [3.05, 3.63) is 198 Å². The second-order valence-corrected chi connectivity index (χ2v) is 11.9. The molecule has 7 aromatic carbocycles. The van der Waals surface area contributed by atoms with Crippen LogP contribution in [-0.2, 0) is 5.41 Å². The lowest BCUT2D eigenvalue weighted by atomic mass is 9.62. The lowest BCUT2D eigenvalue weighted by Gasteiger charge is -2.40. The van der Waals surface area contributed by atoms with Crippen molar-refractivity contribution in [2.45, 2.75) is 11.8 Å². The number of hydrogen-bond acceptors (Lipinski definition) is 2. The molecule has 46 heavy (non-hydrogen) atoms. The predicted octanol–water partition coefficient (Wildman–Crippen LogP) is 11.7. The first kappa shape index (κ1) is 27.7. The molecule has 0 spiro atoms. The van der Waals surface area contributed by atoms with Crippen LogP contribution in [0.25, 0.3) is 28.0 Å². The van der Waals surface area contributed by atoms with E-state index >= 15 is 0 Å². The zero-order valence-electron chi connectivity index (χ0n) is 25.5. The third-order valence-electron chi connectivity index (χ3n) is 9.19. The van der Waals surface area contributed by atoms with E-state index in [0.29, 0.717) is 0 Å². The fourth-order valence-electron chi connectivity index (χ4n) is 7.09. The number of hydrogen-bond donors (Lipinski definition) is 2. The number of benzene rings is 7. The lowest BCUT2D eigenvalue weighted by Crippen LogP contribution is -2.32. The van der Waals surface area contributed by atoms with E-state index in [0.717, 1.165) is 29.2 Å². The lowest BCUT2D eigenvalue weighted by molar-refractivity contribution is 0.628. The summed E-state index contributed by atoms with van der Waals surface area (Å²) in [6.07, 6.45) is 5.50. The molecule has 0 radical (unpaired) electrons. The molecule has 0 aromatic heterocycles. The molecule has 0 saturated carbocycles. The van der Waals surface area contributed by atoms with Crippen LogP contribution in [0.15, 0.2) is 176 Å². The molecule has 0 amide bonds. The van der Waals surface area contributed by atoms with Gasteiger partial charge in [-0.15, -0.1) is 0 Å². The van der Waals surface area contributed by atoms with E-state index in [1.54, 1.807) is 0 Å². The van der Waals surface area contributed by atoms with Gasteiger partial charge >= 0.3 is 0 Å². The Morgan fingerprint density at radius 1 is 0.435 bits per heavy atom. The van der Waals surface area contributed by atoms with Crippen LogP contribution >= 0.6 is 0 Å². The van der Waals surface area contributed by atoms with Crippen molar-refractivity contribution >= 4 is 39.6 Å². The van der Waals surface area contributed by atoms with Gasteiger partial charge < -0.3 is 10.6 Å². The van der Waals surface area contributed by atoms with E-state index in [9.17, 15) is 0 Å². The van der Waals surface area contributed by atoms with Gasteiger partial charge in [0.25, 0.3) is 0 Å². The summed E-state index contributed by atoms with van der Waals surface area (Å²) in [5.41, 5.74) is 11.5. The number of fused-ring (bicyclic) bond motifs is 2. The van der Waals surface area contributed by atoms with Crippen LogP contribution in [-0.4, -0.2) is 0 Å². The Bertz CT molecular complexity index is 2160. The highest BCUT2D eigenvalue weighted by Crippen LogP contribution is 2.52. The number of nitrogens with one attached hydrogen (secondary N) is 2. The summed E-state index contributed by atoms with van der Waals surface area (Å²) in [5.74, 6) is 0. The SMILES string of the molecule is C1=Cc2ccccc2C(c2cc(Nc3ccccc3)ccc2-c2ccc(Nc3ccccc3)cc2)(c2cccc3ccccc23)C1. The van der Waals surface area contributed by atoms with Crippen molar-refractivity contribution < 1.29 is 0 Å².